The van der Waals surface area contributed by atoms with Gasteiger partial charge in [0.2, 0.25) is 6.71 Å². The fourth-order valence-corrected chi connectivity index (χ4v) is 7.12. The molecule has 0 bridgehead atoms. The number of aromatic nitrogens is 1. The Morgan fingerprint density at radius 2 is 1.07 bits per heavy atom. The van der Waals surface area contributed by atoms with E-state index in [2.05, 4.69) is 148 Å². The summed E-state index contributed by atoms with van der Waals surface area (Å²) in [5.74, 6) is 0. The van der Waals surface area contributed by atoms with Crippen LogP contribution in [0, 0.1) is 20.8 Å². The fraction of sp³-hybridized carbons (Fsp3) is 0.385. The topological polar surface area (TPSA) is 4.93 Å². The molecule has 5 aromatic rings. The van der Waals surface area contributed by atoms with Gasteiger partial charge in [-0.1, -0.05) is 121 Å². The van der Waals surface area contributed by atoms with Gasteiger partial charge < -0.3 is 4.57 Å². The van der Waals surface area contributed by atoms with Gasteiger partial charge in [0.1, 0.15) is 0 Å². The summed E-state index contributed by atoms with van der Waals surface area (Å²) in [4.78, 5) is 0. The summed E-state index contributed by atoms with van der Waals surface area (Å²) < 4.78 is 2.60. The monoisotopic (exact) mass is 539 g/mol. The Hall–Kier alpha value is -3.26. The normalized spacial score (nSPS) is 13.8. The van der Waals surface area contributed by atoms with E-state index in [0.717, 1.165) is 0 Å². The zero-order valence-electron chi connectivity index (χ0n) is 27.3. The summed E-state index contributed by atoms with van der Waals surface area (Å²) >= 11 is 0. The van der Waals surface area contributed by atoms with E-state index in [0.29, 0.717) is 0 Å². The highest BCUT2D eigenvalue weighted by molar-refractivity contribution is 6.98. The molecule has 1 aliphatic rings. The van der Waals surface area contributed by atoms with E-state index in [1.165, 1.54) is 77.3 Å². The molecule has 210 valence electrons. The Bertz CT molecular complexity index is 1840. The number of fused-ring (bicyclic) bond motifs is 5. The first-order valence-corrected chi connectivity index (χ1v) is 15.3. The van der Waals surface area contributed by atoms with Crippen molar-refractivity contribution in [3.63, 3.8) is 0 Å². The molecule has 0 aliphatic carbocycles. The van der Waals surface area contributed by atoms with E-state index in [-0.39, 0.29) is 23.0 Å². The first kappa shape index (κ1) is 27.9. The summed E-state index contributed by atoms with van der Waals surface area (Å²) in [5, 5.41) is 2.75. The molecule has 1 nitrogen and oxygen atoms in total. The number of rotatable bonds is 1. The van der Waals surface area contributed by atoms with Crippen LogP contribution in [0.4, 0.5) is 0 Å². The molecule has 0 fully saturated rings. The SMILES string of the molecule is Cc1cc(C)c(B2c3ccc(C(C)(C)C)cc3-n3c4ccc(C(C)(C)C)cc4c4cc(C(C)(C)C)cc2c43)c(C)c1. The Morgan fingerprint density at radius 3 is 1.66 bits per heavy atom. The molecule has 2 heterocycles. The molecule has 0 spiro atoms. The Balaban J connectivity index is 1.85. The van der Waals surface area contributed by atoms with Crippen molar-refractivity contribution in [3.8, 4) is 5.69 Å². The second-order valence-corrected chi connectivity index (χ2v) is 15.8. The van der Waals surface area contributed by atoms with Gasteiger partial charge in [0.25, 0.3) is 0 Å². The lowest BCUT2D eigenvalue weighted by Crippen LogP contribution is -2.57. The second kappa shape index (κ2) is 8.87. The van der Waals surface area contributed by atoms with Crippen molar-refractivity contribution in [3.05, 3.63) is 94.0 Å². The van der Waals surface area contributed by atoms with Gasteiger partial charge in [-0.2, -0.15) is 0 Å². The summed E-state index contributed by atoms with van der Waals surface area (Å²) in [6, 6.07) is 24.3. The first-order chi connectivity index (χ1) is 19.0. The van der Waals surface area contributed by atoms with E-state index in [1.807, 2.05) is 0 Å². The standard InChI is InChI=1S/C39H46BN/c1-23-17-24(2)35(25(3)18-23)40-31-15-13-27(38(7,8)9)22-34(31)41-33-16-14-26(37(4,5)6)19-29(33)30-20-28(39(10,11)12)21-32(40)36(30)41/h13-22H,1-12H3. The zero-order valence-corrected chi connectivity index (χ0v) is 27.3. The van der Waals surface area contributed by atoms with Crippen LogP contribution in [0.15, 0.2) is 60.7 Å². The number of aryl methyl sites for hydroxylation is 3. The van der Waals surface area contributed by atoms with Gasteiger partial charge in [0.05, 0.1) is 5.52 Å². The molecule has 6 rings (SSSR count). The molecule has 0 amide bonds. The average Bonchev–Trinajstić information content (AvgIpc) is 3.18. The van der Waals surface area contributed by atoms with E-state index in [1.54, 1.807) is 0 Å². The average molecular weight is 540 g/mol. The Kier molecular flexibility index (Phi) is 6.04. The van der Waals surface area contributed by atoms with Crippen LogP contribution in [-0.4, -0.2) is 11.3 Å². The molecule has 1 aliphatic heterocycles. The molecule has 0 unspecified atom stereocenters. The number of hydrogen-bond donors (Lipinski definition) is 0. The molecule has 4 aromatic carbocycles. The molecule has 0 saturated heterocycles. The third-order valence-corrected chi connectivity index (χ3v) is 9.41. The van der Waals surface area contributed by atoms with Gasteiger partial charge in [-0.25, -0.2) is 0 Å². The lowest BCUT2D eigenvalue weighted by atomic mass is 9.34. The largest absolute Gasteiger partial charge is 0.310 e. The van der Waals surface area contributed by atoms with E-state index in [4.69, 9.17) is 0 Å². The van der Waals surface area contributed by atoms with E-state index in [9.17, 15) is 0 Å². The molecular weight excluding hydrogens is 493 g/mol. The van der Waals surface area contributed by atoms with Crippen molar-refractivity contribution in [2.75, 3.05) is 0 Å². The smallest absolute Gasteiger partial charge is 0.247 e. The number of nitrogens with zero attached hydrogens (tertiary/aromatic N) is 1. The number of hydrogen-bond acceptors (Lipinski definition) is 0. The minimum atomic E-state index is 0.0407. The highest BCUT2D eigenvalue weighted by Crippen LogP contribution is 2.39. The van der Waals surface area contributed by atoms with Gasteiger partial charge in [-0.3, -0.25) is 0 Å². The van der Waals surface area contributed by atoms with Crippen LogP contribution in [0.1, 0.15) is 95.7 Å². The molecule has 2 heteroatoms. The molecule has 1 aromatic heterocycles. The molecular formula is C39H46BN. The van der Waals surface area contributed by atoms with Crippen LogP contribution in [0.25, 0.3) is 27.5 Å². The van der Waals surface area contributed by atoms with Crippen molar-refractivity contribution < 1.29 is 0 Å². The van der Waals surface area contributed by atoms with Gasteiger partial charge in [-0.15, -0.1) is 0 Å². The molecule has 41 heavy (non-hydrogen) atoms. The minimum absolute atomic E-state index is 0.0407. The van der Waals surface area contributed by atoms with Crippen LogP contribution < -0.4 is 16.4 Å². The molecule has 0 radical (unpaired) electrons. The van der Waals surface area contributed by atoms with Gasteiger partial charge >= 0.3 is 0 Å². The molecule has 0 saturated carbocycles. The van der Waals surface area contributed by atoms with Crippen molar-refractivity contribution in [1.82, 2.24) is 4.57 Å². The van der Waals surface area contributed by atoms with Crippen LogP contribution >= 0.6 is 0 Å². The summed E-state index contributed by atoms with van der Waals surface area (Å²) in [7, 11) is 0. The van der Waals surface area contributed by atoms with Crippen molar-refractivity contribution in [2.45, 2.75) is 99.3 Å². The van der Waals surface area contributed by atoms with Gasteiger partial charge in [0.15, 0.2) is 0 Å². The molecule has 0 N–H and O–H groups in total. The third-order valence-electron chi connectivity index (χ3n) is 9.41. The van der Waals surface area contributed by atoms with Gasteiger partial charge in [0, 0.05) is 22.0 Å². The second-order valence-electron chi connectivity index (χ2n) is 15.8. The Labute approximate surface area is 248 Å². The summed E-state index contributed by atoms with van der Waals surface area (Å²) in [6.07, 6.45) is 0. The maximum Gasteiger partial charge on any atom is 0.247 e. The van der Waals surface area contributed by atoms with Crippen LogP contribution in [0.5, 0.6) is 0 Å². The summed E-state index contributed by atoms with van der Waals surface area (Å²) in [6.45, 7) is 28.0. The number of benzene rings is 4. The van der Waals surface area contributed by atoms with Crippen molar-refractivity contribution in [2.24, 2.45) is 0 Å². The first-order valence-electron chi connectivity index (χ1n) is 15.3. The Morgan fingerprint density at radius 1 is 0.537 bits per heavy atom. The highest BCUT2D eigenvalue weighted by Gasteiger charge is 2.37. The quantitative estimate of drug-likeness (QED) is 0.185. The van der Waals surface area contributed by atoms with Crippen LogP contribution in [-0.2, 0) is 16.2 Å². The lowest BCUT2D eigenvalue weighted by Gasteiger charge is -2.32. The van der Waals surface area contributed by atoms with Gasteiger partial charge in [-0.05, 0) is 88.9 Å². The third kappa shape index (κ3) is 4.37. The predicted molar refractivity (Wildman–Crippen MR) is 182 cm³/mol. The lowest BCUT2D eigenvalue weighted by molar-refractivity contribution is 0.590. The maximum absolute atomic E-state index is 2.60. The molecule has 0 atom stereocenters. The van der Waals surface area contributed by atoms with Crippen molar-refractivity contribution in [1.29, 1.82) is 0 Å². The fourth-order valence-electron chi connectivity index (χ4n) is 7.12. The zero-order chi connectivity index (χ0) is 29.8. The highest BCUT2D eigenvalue weighted by atomic mass is 15.0. The summed E-state index contributed by atoms with van der Waals surface area (Å²) in [5.41, 5.74) is 16.8. The maximum atomic E-state index is 2.60. The van der Waals surface area contributed by atoms with E-state index >= 15 is 0 Å². The van der Waals surface area contributed by atoms with Crippen molar-refractivity contribution >= 4 is 44.9 Å². The minimum Gasteiger partial charge on any atom is -0.310 e. The predicted octanol–water partition coefficient (Wildman–Crippen LogP) is 8.43. The van der Waals surface area contributed by atoms with Crippen LogP contribution in [0.2, 0.25) is 0 Å². The van der Waals surface area contributed by atoms with E-state index < -0.39 is 0 Å². The van der Waals surface area contributed by atoms with Crippen LogP contribution in [0.3, 0.4) is 0 Å².